The SMILES string of the molecule is CNCC1CC2C(C3C[C@@H]4C(OC)C[C@@]1(O)[C@@]3(O)[C@H]4OC)[C@@H](OC)CC[C@@H]2OC(=O)c1ccccc1NC(=O)c1ccccc1. The van der Waals surface area contributed by atoms with Crippen LogP contribution in [0.5, 0.6) is 0 Å². The molecule has 0 saturated heterocycles. The number of esters is 1. The number of nitrogens with one attached hydrogen (secondary N) is 2. The Hall–Kier alpha value is -2.86. The van der Waals surface area contributed by atoms with Crippen molar-refractivity contribution in [3.05, 3.63) is 65.7 Å². The van der Waals surface area contributed by atoms with E-state index in [0.29, 0.717) is 49.9 Å². The maximum absolute atomic E-state index is 13.9. The zero-order valence-corrected chi connectivity index (χ0v) is 26.5. The van der Waals surface area contributed by atoms with Gasteiger partial charge in [0.15, 0.2) is 0 Å². The largest absolute Gasteiger partial charge is 0.458 e. The molecule has 0 aliphatic heterocycles. The predicted octanol–water partition coefficient (Wildman–Crippen LogP) is 3.28. The molecule has 6 rings (SSSR count). The zero-order valence-electron chi connectivity index (χ0n) is 26.5. The second kappa shape index (κ2) is 12.7. The molecule has 1 amide bonds. The number of carbonyl (C=O) groups excluding carboxylic acids is 2. The van der Waals surface area contributed by atoms with Crippen LogP contribution in [0.2, 0.25) is 0 Å². The normalized spacial score (nSPS) is 38.6. The Bertz CT molecular complexity index is 1370. The quantitative estimate of drug-likeness (QED) is 0.311. The average molecular weight is 623 g/mol. The van der Waals surface area contributed by atoms with Gasteiger partial charge in [-0.25, -0.2) is 4.79 Å². The van der Waals surface area contributed by atoms with E-state index in [2.05, 4.69) is 10.6 Å². The first-order chi connectivity index (χ1) is 21.7. The molecule has 4 aliphatic carbocycles. The molecular weight excluding hydrogens is 576 g/mol. The third-order valence-corrected chi connectivity index (χ3v) is 11.4. The van der Waals surface area contributed by atoms with Gasteiger partial charge in [-0.2, -0.15) is 0 Å². The Morgan fingerprint density at radius 1 is 0.867 bits per heavy atom. The van der Waals surface area contributed by atoms with Gasteiger partial charge in [-0.15, -0.1) is 0 Å². The third-order valence-electron chi connectivity index (χ3n) is 11.4. The van der Waals surface area contributed by atoms with Gasteiger partial charge >= 0.3 is 5.97 Å². The molecule has 4 saturated carbocycles. The number of aliphatic hydroxyl groups is 2. The summed E-state index contributed by atoms with van der Waals surface area (Å²) in [6.45, 7) is 0.457. The van der Waals surface area contributed by atoms with Gasteiger partial charge in [-0.1, -0.05) is 30.3 Å². The Kier molecular flexibility index (Phi) is 9.08. The fourth-order valence-electron chi connectivity index (χ4n) is 9.55. The van der Waals surface area contributed by atoms with Gasteiger partial charge in [-0.05, 0) is 68.8 Å². The molecule has 10 heteroatoms. The first kappa shape index (κ1) is 32.1. The monoisotopic (exact) mass is 622 g/mol. The standard InChI is InChI=1S/C35H46N2O8/c1-36-19-21-16-23-27(45-33(39)22-12-8-9-13-26(22)37-32(38)20-10-6-5-7-11-20)14-15-28(42-2)30(23)25-17-24-29(43-3)18-34(21,40)35(25,41)31(24)44-4/h5-13,21,23-25,27-31,36,40-41H,14-19H2,1-4H3,(H,37,38)/t21?,23?,24-,25?,27+,28+,29?,30?,31+,34+,35+/m1/s1. The Labute approximate surface area is 264 Å². The van der Waals surface area contributed by atoms with Gasteiger partial charge in [-0.3, -0.25) is 4.79 Å². The van der Waals surface area contributed by atoms with Gasteiger partial charge in [0.1, 0.15) is 17.3 Å². The van der Waals surface area contributed by atoms with Gasteiger partial charge in [0, 0.05) is 57.6 Å². The van der Waals surface area contributed by atoms with E-state index in [1.54, 1.807) is 69.9 Å². The fraction of sp³-hybridized carbons (Fsp3) is 0.600. The lowest BCUT2D eigenvalue weighted by molar-refractivity contribution is -0.275. The summed E-state index contributed by atoms with van der Waals surface area (Å²) in [6, 6.07) is 15.7. The second-order valence-electron chi connectivity index (χ2n) is 13.3. The molecule has 0 heterocycles. The fourth-order valence-corrected chi connectivity index (χ4v) is 9.55. The molecule has 5 unspecified atom stereocenters. The maximum Gasteiger partial charge on any atom is 0.340 e. The number of hydrogen-bond acceptors (Lipinski definition) is 9. The predicted molar refractivity (Wildman–Crippen MR) is 167 cm³/mol. The van der Waals surface area contributed by atoms with Crippen molar-refractivity contribution < 1.29 is 38.7 Å². The molecule has 0 radical (unpaired) electrons. The lowest BCUT2D eigenvalue weighted by Gasteiger charge is -2.55. The van der Waals surface area contributed by atoms with Crippen LogP contribution >= 0.6 is 0 Å². The van der Waals surface area contributed by atoms with Gasteiger partial charge in [0.05, 0.1) is 29.6 Å². The van der Waals surface area contributed by atoms with Crippen LogP contribution in [0.3, 0.4) is 0 Å². The highest BCUT2D eigenvalue weighted by Crippen LogP contribution is 2.65. The van der Waals surface area contributed by atoms with E-state index in [9.17, 15) is 19.8 Å². The van der Waals surface area contributed by atoms with E-state index < -0.39 is 29.4 Å². The molecule has 2 aromatic rings. The van der Waals surface area contributed by atoms with Gasteiger partial charge in [0.25, 0.3) is 5.91 Å². The number of benzene rings is 2. The summed E-state index contributed by atoms with van der Waals surface area (Å²) < 4.78 is 24.4. The van der Waals surface area contributed by atoms with Crippen molar-refractivity contribution in [1.29, 1.82) is 0 Å². The Balaban J connectivity index is 1.33. The van der Waals surface area contributed by atoms with Crippen LogP contribution in [0.15, 0.2) is 54.6 Å². The highest BCUT2D eigenvalue weighted by Gasteiger charge is 2.76. The number of carbonyl (C=O) groups is 2. The number of ether oxygens (including phenoxy) is 4. The smallest absolute Gasteiger partial charge is 0.340 e. The number of hydrogen-bond donors (Lipinski definition) is 4. The minimum absolute atomic E-state index is 0.0928. The number of anilines is 1. The van der Waals surface area contributed by atoms with Crippen LogP contribution in [0, 0.1) is 29.6 Å². The highest BCUT2D eigenvalue weighted by atomic mass is 16.5. The van der Waals surface area contributed by atoms with Crippen LogP contribution in [-0.2, 0) is 18.9 Å². The van der Waals surface area contributed by atoms with Crippen molar-refractivity contribution in [3.8, 4) is 0 Å². The average Bonchev–Trinajstić information content (AvgIpc) is 3.27. The molecule has 4 N–H and O–H groups in total. The zero-order chi connectivity index (χ0) is 31.9. The summed E-state index contributed by atoms with van der Waals surface area (Å²) in [6.07, 6.45) is 1.11. The van der Waals surface area contributed by atoms with Crippen molar-refractivity contribution in [2.24, 2.45) is 29.6 Å². The van der Waals surface area contributed by atoms with Crippen LogP contribution in [0.1, 0.15) is 52.8 Å². The van der Waals surface area contributed by atoms with Crippen molar-refractivity contribution >= 4 is 17.6 Å². The molecule has 0 spiro atoms. The topological polar surface area (TPSA) is 136 Å². The number of methoxy groups -OCH3 is 3. The molecule has 4 fully saturated rings. The molecule has 11 atom stereocenters. The van der Waals surface area contributed by atoms with E-state index >= 15 is 0 Å². The second-order valence-corrected chi connectivity index (χ2v) is 13.3. The molecule has 4 aliphatic rings. The number of fused-ring (bicyclic) bond motifs is 3. The summed E-state index contributed by atoms with van der Waals surface area (Å²) in [5, 5.41) is 31.5. The highest BCUT2D eigenvalue weighted by molar-refractivity contribution is 6.08. The number of amides is 1. The summed E-state index contributed by atoms with van der Waals surface area (Å²) in [4.78, 5) is 26.8. The summed E-state index contributed by atoms with van der Waals surface area (Å²) in [5.41, 5.74) is -1.90. The molecule has 10 nitrogen and oxygen atoms in total. The van der Waals surface area contributed by atoms with Crippen molar-refractivity contribution in [2.75, 3.05) is 40.2 Å². The molecule has 244 valence electrons. The molecule has 2 aromatic carbocycles. The lowest BCUT2D eigenvalue weighted by atomic mass is 9.61. The number of para-hydroxylation sites is 1. The summed E-state index contributed by atoms with van der Waals surface area (Å²) in [5.74, 6) is -2.03. The first-order valence-electron chi connectivity index (χ1n) is 16.1. The van der Waals surface area contributed by atoms with Crippen molar-refractivity contribution in [2.45, 2.75) is 67.7 Å². The molecule has 45 heavy (non-hydrogen) atoms. The molecule has 2 bridgehead atoms. The van der Waals surface area contributed by atoms with E-state index in [-0.39, 0.29) is 53.3 Å². The third kappa shape index (κ3) is 5.20. The Morgan fingerprint density at radius 2 is 1.56 bits per heavy atom. The van der Waals surface area contributed by atoms with Crippen LogP contribution < -0.4 is 10.6 Å². The lowest BCUT2D eigenvalue weighted by Crippen LogP contribution is -2.71. The van der Waals surface area contributed by atoms with E-state index in [4.69, 9.17) is 18.9 Å². The minimum Gasteiger partial charge on any atom is -0.458 e. The Morgan fingerprint density at radius 3 is 2.24 bits per heavy atom. The van der Waals surface area contributed by atoms with E-state index in [0.717, 1.165) is 0 Å². The van der Waals surface area contributed by atoms with Gasteiger partial charge < -0.3 is 39.8 Å². The van der Waals surface area contributed by atoms with Crippen molar-refractivity contribution in [3.63, 3.8) is 0 Å². The number of rotatable bonds is 9. The van der Waals surface area contributed by atoms with Crippen LogP contribution in [0.4, 0.5) is 5.69 Å². The van der Waals surface area contributed by atoms with E-state index in [1.807, 2.05) is 13.1 Å². The summed E-state index contributed by atoms with van der Waals surface area (Å²) in [7, 11) is 6.79. The summed E-state index contributed by atoms with van der Waals surface area (Å²) >= 11 is 0. The van der Waals surface area contributed by atoms with Crippen LogP contribution in [0.25, 0.3) is 0 Å². The maximum atomic E-state index is 13.9. The first-order valence-corrected chi connectivity index (χ1v) is 16.1. The van der Waals surface area contributed by atoms with Gasteiger partial charge in [0.2, 0.25) is 0 Å². The minimum atomic E-state index is -1.53. The van der Waals surface area contributed by atoms with Crippen molar-refractivity contribution in [1.82, 2.24) is 5.32 Å². The molecular formula is C35H46N2O8. The van der Waals surface area contributed by atoms with Crippen LogP contribution in [-0.4, -0.2) is 92.6 Å². The molecule has 0 aromatic heterocycles. The van der Waals surface area contributed by atoms with E-state index in [1.165, 1.54) is 0 Å².